The predicted molar refractivity (Wildman–Crippen MR) is 166 cm³/mol. The molecule has 0 bridgehead atoms. The summed E-state index contributed by atoms with van der Waals surface area (Å²) in [4.78, 5) is 54.9. The highest BCUT2D eigenvalue weighted by atomic mass is 79.9. The molecule has 0 radical (unpaired) electrons. The molecule has 44 heavy (non-hydrogen) atoms. The molecule has 2 aliphatic heterocycles. The number of alkyl halides is 1. The lowest BCUT2D eigenvalue weighted by Crippen LogP contribution is -2.55. The first-order chi connectivity index (χ1) is 20.7. The third-order valence-corrected chi connectivity index (χ3v) is 9.33. The summed E-state index contributed by atoms with van der Waals surface area (Å²) >= 11 is 3.51. The number of cyclic esters (lactones) is 1. The minimum Gasteiger partial charge on any atom is -0.447 e. The van der Waals surface area contributed by atoms with Gasteiger partial charge in [0.1, 0.15) is 28.9 Å². The molecular formula is C32H46BrN3O8. The summed E-state index contributed by atoms with van der Waals surface area (Å²) in [6.45, 7) is 8.97. The molecule has 1 aliphatic carbocycles. The van der Waals surface area contributed by atoms with Crippen molar-refractivity contribution >= 4 is 40.1 Å². The lowest BCUT2D eigenvalue weighted by atomic mass is 9.82. The Morgan fingerprint density at radius 1 is 1.11 bits per heavy atom. The largest absolute Gasteiger partial charge is 0.447 e. The van der Waals surface area contributed by atoms with Crippen LogP contribution in [0.15, 0.2) is 30.3 Å². The van der Waals surface area contributed by atoms with Crippen molar-refractivity contribution in [1.82, 2.24) is 15.1 Å². The minimum atomic E-state index is -1.20. The van der Waals surface area contributed by atoms with Crippen molar-refractivity contribution in [2.45, 2.75) is 120 Å². The van der Waals surface area contributed by atoms with E-state index in [4.69, 9.17) is 18.9 Å². The van der Waals surface area contributed by atoms with Gasteiger partial charge in [0.2, 0.25) is 5.91 Å². The highest BCUT2D eigenvalue weighted by Gasteiger charge is 2.57. The first-order valence-corrected chi connectivity index (χ1v) is 16.4. The molecule has 1 aromatic rings. The number of alkyl carbamates (subject to hydrolysis) is 1. The predicted octanol–water partition coefficient (Wildman–Crippen LogP) is 5.78. The van der Waals surface area contributed by atoms with E-state index in [-0.39, 0.29) is 6.61 Å². The summed E-state index contributed by atoms with van der Waals surface area (Å²) in [6.07, 6.45) is 2.16. The van der Waals surface area contributed by atoms with Gasteiger partial charge in [-0.15, -0.1) is 0 Å². The number of hydrogen-bond acceptors (Lipinski definition) is 8. The number of carbonyl (C=O) groups is 4. The summed E-state index contributed by atoms with van der Waals surface area (Å²) in [5.74, 6) is -0.302. The van der Waals surface area contributed by atoms with Crippen LogP contribution in [-0.2, 0) is 30.2 Å². The fraction of sp³-hybridized carbons (Fsp3) is 0.688. The number of rotatable bonds is 8. The van der Waals surface area contributed by atoms with Gasteiger partial charge in [-0.3, -0.25) is 9.69 Å². The Kier molecular flexibility index (Phi) is 10.9. The van der Waals surface area contributed by atoms with Gasteiger partial charge >= 0.3 is 18.3 Å². The molecule has 0 spiro atoms. The van der Waals surface area contributed by atoms with Crippen LogP contribution in [0.1, 0.15) is 78.7 Å². The van der Waals surface area contributed by atoms with Gasteiger partial charge in [0.25, 0.3) is 0 Å². The minimum absolute atomic E-state index is 0.0455. The Morgan fingerprint density at radius 2 is 1.77 bits per heavy atom. The van der Waals surface area contributed by atoms with Crippen molar-refractivity contribution in [1.29, 1.82) is 0 Å². The van der Waals surface area contributed by atoms with E-state index in [2.05, 4.69) is 21.2 Å². The van der Waals surface area contributed by atoms with Crippen LogP contribution < -0.4 is 5.32 Å². The van der Waals surface area contributed by atoms with Gasteiger partial charge in [-0.2, -0.15) is 0 Å². The highest BCUT2D eigenvalue weighted by molar-refractivity contribution is 9.10. The summed E-state index contributed by atoms with van der Waals surface area (Å²) in [5.41, 5.74) is -0.954. The van der Waals surface area contributed by atoms with Crippen LogP contribution in [-0.4, -0.2) is 88.1 Å². The topological polar surface area (TPSA) is 124 Å². The van der Waals surface area contributed by atoms with Gasteiger partial charge in [0.15, 0.2) is 6.10 Å². The molecule has 5 atom stereocenters. The van der Waals surface area contributed by atoms with Crippen molar-refractivity contribution in [3.8, 4) is 0 Å². The Morgan fingerprint density at radius 3 is 2.39 bits per heavy atom. The second-order valence-electron chi connectivity index (χ2n) is 13.3. The fourth-order valence-electron chi connectivity index (χ4n) is 6.49. The second-order valence-corrected chi connectivity index (χ2v) is 14.3. The maximum atomic E-state index is 14.1. The fourth-order valence-corrected chi connectivity index (χ4v) is 7.12. The molecule has 0 aromatic heterocycles. The van der Waals surface area contributed by atoms with E-state index in [0.717, 1.165) is 36.1 Å². The number of imide groups is 1. The lowest BCUT2D eigenvalue weighted by Gasteiger charge is -2.37. The summed E-state index contributed by atoms with van der Waals surface area (Å²) in [7, 11) is 1.42. The monoisotopic (exact) mass is 679 g/mol. The van der Waals surface area contributed by atoms with Gasteiger partial charge < -0.3 is 24.3 Å². The van der Waals surface area contributed by atoms with Crippen LogP contribution in [0.5, 0.6) is 0 Å². The van der Waals surface area contributed by atoms with E-state index in [9.17, 15) is 19.2 Å². The van der Waals surface area contributed by atoms with Crippen LogP contribution >= 0.6 is 15.9 Å². The maximum absolute atomic E-state index is 14.1. The Bertz CT molecular complexity index is 1180. The van der Waals surface area contributed by atoms with Crippen LogP contribution in [0.25, 0.3) is 0 Å². The van der Waals surface area contributed by atoms with Gasteiger partial charge in [-0.25, -0.2) is 19.3 Å². The Balaban J connectivity index is 1.68. The van der Waals surface area contributed by atoms with Crippen LogP contribution in [0.3, 0.4) is 0 Å². The van der Waals surface area contributed by atoms with Crippen molar-refractivity contribution in [2.24, 2.45) is 5.92 Å². The number of nitrogens with zero attached hydrogens (tertiary/aromatic N) is 2. The van der Waals surface area contributed by atoms with E-state index < -0.39 is 64.6 Å². The number of ether oxygens (including phenoxy) is 4. The SMILES string of the molecule is CNC(=O)OC(C(Br)C(=O)N1C(=O)OCC1Cc1ccccc1)C1OC(C)(C)N(C(=O)OC(C)(C)C)C1CC1CCCCC1. The standard InChI is InChI=1S/C32H46BrN3O8/c1-31(2,3)44-30(40)36-23(18-21-15-11-8-12-16-21)25(43-32(36,4)5)26(42-28(38)34-6)24(33)27(37)35-22(19-41-29(35)39)17-20-13-9-7-10-14-20/h7,9-10,13-14,21-26H,8,11-12,15-19H2,1-6H3,(H,34,38). The van der Waals surface area contributed by atoms with Crippen molar-refractivity contribution in [3.63, 3.8) is 0 Å². The summed E-state index contributed by atoms with van der Waals surface area (Å²) in [5, 5.41) is 2.46. The zero-order valence-electron chi connectivity index (χ0n) is 26.5. The molecule has 4 amide bonds. The van der Waals surface area contributed by atoms with Gasteiger partial charge in [0.05, 0.1) is 12.1 Å². The lowest BCUT2D eigenvalue weighted by molar-refractivity contribution is -0.135. The molecule has 1 saturated carbocycles. The molecule has 4 rings (SSSR count). The van der Waals surface area contributed by atoms with Crippen molar-refractivity contribution in [3.05, 3.63) is 35.9 Å². The molecule has 11 nitrogen and oxygen atoms in total. The number of halogens is 1. The summed E-state index contributed by atoms with van der Waals surface area (Å²) in [6, 6.07) is 8.40. The van der Waals surface area contributed by atoms with Gasteiger partial charge in [-0.1, -0.05) is 78.4 Å². The zero-order valence-corrected chi connectivity index (χ0v) is 28.1. The quantitative estimate of drug-likeness (QED) is 0.271. The molecule has 3 aliphatic rings. The normalized spacial score (nSPS) is 25.2. The number of amides is 4. The average Bonchev–Trinajstić information content (AvgIpc) is 3.45. The Hall–Kier alpha value is -2.86. The Labute approximate surface area is 268 Å². The van der Waals surface area contributed by atoms with Crippen molar-refractivity contribution < 1.29 is 38.1 Å². The summed E-state index contributed by atoms with van der Waals surface area (Å²) < 4.78 is 23.5. The maximum Gasteiger partial charge on any atom is 0.417 e. The molecule has 1 N–H and O–H groups in total. The van der Waals surface area contributed by atoms with E-state index in [1.807, 2.05) is 30.3 Å². The van der Waals surface area contributed by atoms with E-state index in [1.54, 1.807) is 39.5 Å². The third-order valence-electron chi connectivity index (χ3n) is 8.41. The molecule has 12 heteroatoms. The number of carbonyl (C=O) groups excluding carboxylic acids is 4. The highest BCUT2D eigenvalue weighted by Crippen LogP contribution is 2.42. The third kappa shape index (κ3) is 8.04. The van der Waals surface area contributed by atoms with Crippen LogP contribution in [0.4, 0.5) is 14.4 Å². The van der Waals surface area contributed by atoms with Gasteiger partial charge in [0, 0.05) is 7.05 Å². The van der Waals surface area contributed by atoms with E-state index in [1.165, 1.54) is 13.5 Å². The molecular weight excluding hydrogens is 634 g/mol. The van der Waals surface area contributed by atoms with Crippen molar-refractivity contribution in [2.75, 3.05) is 13.7 Å². The average molecular weight is 681 g/mol. The molecule has 1 aromatic carbocycles. The molecule has 244 valence electrons. The first kappa shape index (κ1) is 34.0. The molecule has 5 unspecified atom stereocenters. The molecule has 3 fully saturated rings. The van der Waals surface area contributed by atoms with Gasteiger partial charge in [-0.05, 0) is 58.9 Å². The zero-order chi connectivity index (χ0) is 32.2. The number of benzene rings is 1. The second kappa shape index (κ2) is 14.1. The molecule has 2 heterocycles. The van der Waals surface area contributed by atoms with Crippen LogP contribution in [0, 0.1) is 5.92 Å². The number of nitrogens with one attached hydrogen (secondary N) is 1. The smallest absolute Gasteiger partial charge is 0.417 e. The number of hydrogen-bond donors (Lipinski definition) is 1. The van der Waals surface area contributed by atoms with E-state index >= 15 is 0 Å². The van der Waals surface area contributed by atoms with Crippen LogP contribution in [0.2, 0.25) is 0 Å². The molecule has 2 saturated heterocycles. The van der Waals surface area contributed by atoms with E-state index in [0.29, 0.717) is 18.8 Å². The first-order valence-electron chi connectivity index (χ1n) is 15.5.